The molecule has 31 heavy (non-hydrogen) atoms. The number of hydrogen-bond acceptors (Lipinski definition) is 4. The Morgan fingerprint density at radius 1 is 1.19 bits per heavy atom. The van der Waals surface area contributed by atoms with Crippen LogP contribution in [0, 0.1) is 11.7 Å². The first-order valence-electron chi connectivity index (χ1n) is 10.9. The van der Waals surface area contributed by atoms with E-state index in [0.29, 0.717) is 30.3 Å². The number of nitrogens with zero attached hydrogens (tertiary/aromatic N) is 3. The van der Waals surface area contributed by atoms with Gasteiger partial charge in [0.2, 0.25) is 5.91 Å². The molecule has 0 radical (unpaired) electrons. The minimum atomic E-state index is -0.347. The van der Waals surface area contributed by atoms with Gasteiger partial charge in [0.25, 0.3) is 0 Å². The molecule has 1 aromatic heterocycles. The molecule has 162 valence electrons. The maximum absolute atomic E-state index is 13.7. The van der Waals surface area contributed by atoms with Gasteiger partial charge in [-0.3, -0.25) is 4.79 Å². The third-order valence-electron chi connectivity index (χ3n) is 5.59. The fraction of sp³-hybridized carbons (Fsp3) is 0.375. The lowest BCUT2D eigenvalue weighted by Gasteiger charge is -2.10. The summed E-state index contributed by atoms with van der Waals surface area (Å²) < 4.78 is 20.8. The van der Waals surface area contributed by atoms with Gasteiger partial charge in [0.05, 0.1) is 12.3 Å². The monoisotopic (exact) mass is 422 g/mol. The van der Waals surface area contributed by atoms with Crippen LogP contribution in [-0.2, 0) is 4.79 Å². The van der Waals surface area contributed by atoms with Crippen LogP contribution in [0.2, 0.25) is 0 Å². The predicted molar refractivity (Wildman–Crippen MR) is 118 cm³/mol. The van der Waals surface area contributed by atoms with Crippen molar-refractivity contribution in [2.24, 2.45) is 5.92 Å². The van der Waals surface area contributed by atoms with Crippen molar-refractivity contribution in [3.05, 3.63) is 54.3 Å². The first-order valence-corrected chi connectivity index (χ1v) is 10.9. The zero-order valence-electron chi connectivity index (χ0n) is 17.7. The summed E-state index contributed by atoms with van der Waals surface area (Å²) in [6.07, 6.45) is 6.59. The molecule has 2 aromatic carbocycles. The standard InChI is InChI=1S/C24H27FN4O2/c1-2-31-24-27-23(18-8-5-9-19(25)16-18)29(28-24)21-13-11-20(12-14-21)26-22(30)15-10-17-6-3-4-7-17/h5,8-9,11-14,16-17H,2-4,6-7,10,15H2,1H3,(H,26,30). The summed E-state index contributed by atoms with van der Waals surface area (Å²) in [6.45, 7) is 2.28. The molecule has 1 amide bonds. The topological polar surface area (TPSA) is 69.0 Å². The van der Waals surface area contributed by atoms with E-state index in [1.807, 2.05) is 31.2 Å². The SMILES string of the molecule is CCOc1nc(-c2cccc(F)c2)n(-c2ccc(NC(=O)CCC3CCCC3)cc2)n1. The van der Waals surface area contributed by atoms with Crippen LogP contribution >= 0.6 is 0 Å². The van der Waals surface area contributed by atoms with Crippen molar-refractivity contribution in [2.75, 3.05) is 11.9 Å². The first-order chi connectivity index (χ1) is 15.1. The van der Waals surface area contributed by atoms with Crippen molar-refractivity contribution < 1.29 is 13.9 Å². The molecule has 1 aliphatic rings. The molecule has 0 atom stereocenters. The Morgan fingerprint density at radius 2 is 1.97 bits per heavy atom. The second kappa shape index (κ2) is 9.73. The molecule has 6 nitrogen and oxygen atoms in total. The van der Waals surface area contributed by atoms with E-state index in [2.05, 4.69) is 15.4 Å². The molecule has 1 aliphatic carbocycles. The molecule has 7 heteroatoms. The molecular formula is C24H27FN4O2. The maximum atomic E-state index is 13.7. The lowest BCUT2D eigenvalue weighted by atomic mass is 10.0. The van der Waals surface area contributed by atoms with Gasteiger partial charge >= 0.3 is 6.01 Å². The number of hydrogen-bond donors (Lipinski definition) is 1. The van der Waals surface area contributed by atoms with Crippen LogP contribution in [0.1, 0.15) is 45.4 Å². The highest BCUT2D eigenvalue weighted by molar-refractivity contribution is 5.90. The Kier molecular flexibility index (Phi) is 6.60. The van der Waals surface area contributed by atoms with Crippen LogP contribution in [0.5, 0.6) is 6.01 Å². The van der Waals surface area contributed by atoms with E-state index in [1.54, 1.807) is 16.8 Å². The molecule has 1 saturated carbocycles. The number of ether oxygens (including phenoxy) is 1. The van der Waals surface area contributed by atoms with Gasteiger partial charge in [0.1, 0.15) is 5.82 Å². The zero-order chi connectivity index (χ0) is 21.6. The second-order valence-electron chi connectivity index (χ2n) is 7.86. The minimum absolute atomic E-state index is 0.0412. The Labute approximate surface area is 181 Å². The van der Waals surface area contributed by atoms with E-state index in [0.717, 1.165) is 17.8 Å². The number of anilines is 1. The Morgan fingerprint density at radius 3 is 2.68 bits per heavy atom. The summed E-state index contributed by atoms with van der Waals surface area (Å²) in [6, 6.07) is 13.8. The molecule has 4 rings (SSSR count). The van der Waals surface area contributed by atoms with Crippen molar-refractivity contribution in [1.29, 1.82) is 0 Å². The highest BCUT2D eigenvalue weighted by Gasteiger charge is 2.17. The number of nitrogens with one attached hydrogen (secondary N) is 1. The Balaban J connectivity index is 1.49. The molecular weight excluding hydrogens is 395 g/mol. The number of rotatable bonds is 8. The molecule has 0 saturated heterocycles. The van der Waals surface area contributed by atoms with E-state index in [4.69, 9.17) is 4.74 Å². The molecule has 0 aliphatic heterocycles. The lowest BCUT2D eigenvalue weighted by molar-refractivity contribution is -0.116. The van der Waals surface area contributed by atoms with E-state index >= 15 is 0 Å². The molecule has 0 spiro atoms. The molecule has 1 N–H and O–H groups in total. The number of carbonyl (C=O) groups excluding carboxylic acids is 1. The van der Waals surface area contributed by atoms with Crippen LogP contribution in [0.4, 0.5) is 10.1 Å². The fourth-order valence-corrected chi connectivity index (χ4v) is 4.02. The fourth-order valence-electron chi connectivity index (χ4n) is 4.02. The molecule has 1 fully saturated rings. The van der Waals surface area contributed by atoms with Gasteiger partial charge in [-0.2, -0.15) is 4.98 Å². The Bertz CT molecular complexity index is 1030. The third-order valence-corrected chi connectivity index (χ3v) is 5.59. The zero-order valence-corrected chi connectivity index (χ0v) is 17.7. The van der Waals surface area contributed by atoms with Crippen LogP contribution < -0.4 is 10.1 Å². The average molecular weight is 423 g/mol. The number of carbonyl (C=O) groups is 1. The van der Waals surface area contributed by atoms with Gasteiger partial charge in [-0.15, -0.1) is 5.10 Å². The van der Waals surface area contributed by atoms with Gasteiger partial charge in [-0.25, -0.2) is 9.07 Å². The largest absolute Gasteiger partial charge is 0.463 e. The first kappa shape index (κ1) is 21.0. The summed E-state index contributed by atoms with van der Waals surface area (Å²) in [5, 5.41) is 7.38. The summed E-state index contributed by atoms with van der Waals surface area (Å²) >= 11 is 0. The van der Waals surface area contributed by atoms with Gasteiger partial charge in [-0.05, 0) is 55.7 Å². The number of benzene rings is 2. The van der Waals surface area contributed by atoms with Gasteiger partial charge in [-0.1, -0.05) is 37.8 Å². The summed E-state index contributed by atoms with van der Waals surface area (Å²) in [4.78, 5) is 16.7. The van der Waals surface area contributed by atoms with Gasteiger partial charge in [0, 0.05) is 17.7 Å². The van der Waals surface area contributed by atoms with Crippen LogP contribution in [0.3, 0.4) is 0 Å². The lowest BCUT2D eigenvalue weighted by Crippen LogP contribution is -2.12. The van der Waals surface area contributed by atoms with Gasteiger partial charge < -0.3 is 10.1 Å². The number of aromatic nitrogens is 3. The van der Waals surface area contributed by atoms with Crippen molar-refractivity contribution in [2.45, 2.75) is 45.4 Å². The maximum Gasteiger partial charge on any atom is 0.336 e. The Hall–Kier alpha value is -3.22. The summed E-state index contributed by atoms with van der Waals surface area (Å²) in [5.41, 5.74) is 2.07. The molecule has 1 heterocycles. The van der Waals surface area contributed by atoms with Crippen molar-refractivity contribution >= 4 is 11.6 Å². The number of amides is 1. The van der Waals surface area contributed by atoms with E-state index in [9.17, 15) is 9.18 Å². The summed E-state index contributed by atoms with van der Waals surface area (Å²) in [5.74, 6) is 0.873. The molecule has 0 unspecified atom stereocenters. The molecule has 3 aromatic rings. The van der Waals surface area contributed by atoms with Crippen molar-refractivity contribution in [1.82, 2.24) is 14.8 Å². The highest BCUT2D eigenvalue weighted by Crippen LogP contribution is 2.29. The van der Waals surface area contributed by atoms with E-state index in [1.165, 1.54) is 37.8 Å². The minimum Gasteiger partial charge on any atom is -0.463 e. The summed E-state index contributed by atoms with van der Waals surface area (Å²) in [7, 11) is 0. The van der Waals surface area contributed by atoms with E-state index < -0.39 is 0 Å². The van der Waals surface area contributed by atoms with E-state index in [-0.39, 0.29) is 17.7 Å². The van der Waals surface area contributed by atoms with Crippen LogP contribution in [-0.4, -0.2) is 27.3 Å². The van der Waals surface area contributed by atoms with Crippen molar-refractivity contribution in [3.63, 3.8) is 0 Å². The normalized spacial score (nSPS) is 14.0. The second-order valence-corrected chi connectivity index (χ2v) is 7.86. The van der Waals surface area contributed by atoms with Crippen molar-refractivity contribution in [3.8, 4) is 23.1 Å². The van der Waals surface area contributed by atoms with Crippen LogP contribution in [0.25, 0.3) is 17.1 Å². The highest BCUT2D eigenvalue weighted by atomic mass is 19.1. The number of halogens is 1. The average Bonchev–Trinajstić information content (AvgIpc) is 3.43. The molecule has 0 bridgehead atoms. The third kappa shape index (κ3) is 5.29. The quantitative estimate of drug-likeness (QED) is 0.529. The predicted octanol–water partition coefficient (Wildman–Crippen LogP) is 5.38. The van der Waals surface area contributed by atoms with Gasteiger partial charge in [0.15, 0.2) is 5.82 Å². The smallest absolute Gasteiger partial charge is 0.336 e. The van der Waals surface area contributed by atoms with Crippen LogP contribution in [0.15, 0.2) is 48.5 Å².